The first-order valence-corrected chi connectivity index (χ1v) is 9.67. The lowest BCUT2D eigenvalue weighted by Crippen LogP contribution is -2.44. The number of carbonyl (C=O) groups excluding carboxylic acids is 1. The SMILES string of the molecule is CCN1CCN(C(=O)CC2CCS(=O)(=O)C2)c2ccccc21. The molecule has 2 aliphatic rings. The van der Waals surface area contributed by atoms with Crippen molar-refractivity contribution in [2.24, 2.45) is 5.92 Å². The second-order valence-corrected chi connectivity index (χ2v) is 8.32. The Kier molecular flexibility index (Phi) is 4.12. The van der Waals surface area contributed by atoms with Crippen LogP contribution in [0.25, 0.3) is 0 Å². The normalized spacial score (nSPS) is 23.4. The smallest absolute Gasteiger partial charge is 0.227 e. The van der Waals surface area contributed by atoms with Crippen LogP contribution in [-0.4, -0.2) is 45.5 Å². The molecule has 0 saturated carbocycles. The molecule has 2 heterocycles. The van der Waals surface area contributed by atoms with Crippen molar-refractivity contribution in [1.82, 2.24) is 0 Å². The third-order valence-corrected chi connectivity index (χ3v) is 6.42. The average molecular weight is 322 g/mol. The lowest BCUT2D eigenvalue weighted by atomic mass is 10.0. The second-order valence-electron chi connectivity index (χ2n) is 6.09. The van der Waals surface area contributed by atoms with Crippen molar-refractivity contribution in [1.29, 1.82) is 0 Å². The van der Waals surface area contributed by atoms with Gasteiger partial charge in [0.15, 0.2) is 9.84 Å². The van der Waals surface area contributed by atoms with Gasteiger partial charge in [0.25, 0.3) is 0 Å². The van der Waals surface area contributed by atoms with E-state index in [-0.39, 0.29) is 23.3 Å². The van der Waals surface area contributed by atoms with Crippen molar-refractivity contribution in [3.8, 4) is 0 Å². The Morgan fingerprint density at radius 2 is 1.95 bits per heavy atom. The maximum atomic E-state index is 12.6. The fraction of sp³-hybridized carbons (Fsp3) is 0.562. The van der Waals surface area contributed by atoms with Crippen molar-refractivity contribution in [2.45, 2.75) is 19.8 Å². The minimum Gasteiger partial charge on any atom is -0.368 e. The highest BCUT2D eigenvalue weighted by Crippen LogP contribution is 2.34. The first-order chi connectivity index (χ1) is 10.5. The first kappa shape index (κ1) is 15.3. The van der Waals surface area contributed by atoms with Crippen LogP contribution in [0.1, 0.15) is 19.8 Å². The summed E-state index contributed by atoms with van der Waals surface area (Å²) in [4.78, 5) is 16.7. The standard InChI is InChI=1S/C16H22N2O3S/c1-2-17-8-9-18(15-6-4-3-5-14(15)17)16(19)11-13-7-10-22(20,21)12-13/h3-6,13H,2,7-12H2,1H3. The van der Waals surface area contributed by atoms with Crippen molar-refractivity contribution >= 4 is 27.1 Å². The summed E-state index contributed by atoms with van der Waals surface area (Å²) in [6, 6.07) is 7.94. The molecular weight excluding hydrogens is 300 g/mol. The molecule has 0 aliphatic carbocycles. The van der Waals surface area contributed by atoms with Gasteiger partial charge < -0.3 is 9.80 Å². The van der Waals surface area contributed by atoms with Crippen LogP contribution in [0.15, 0.2) is 24.3 Å². The highest BCUT2D eigenvalue weighted by atomic mass is 32.2. The summed E-state index contributed by atoms with van der Waals surface area (Å²) in [5.74, 6) is 0.416. The minimum absolute atomic E-state index is 0.0196. The number of sulfone groups is 1. The van der Waals surface area contributed by atoms with Crippen LogP contribution in [-0.2, 0) is 14.6 Å². The van der Waals surface area contributed by atoms with Gasteiger partial charge in [-0.2, -0.15) is 0 Å². The zero-order valence-corrected chi connectivity index (χ0v) is 13.7. The molecule has 22 heavy (non-hydrogen) atoms. The molecule has 0 N–H and O–H groups in total. The van der Waals surface area contributed by atoms with Crippen molar-refractivity contribution in [3.05, 3.63) is 24.3 Å². The predicted molar refractivity (Wildman–Crippen MR) is 88.1 cm³/mol. The van der Waals surface area contributed by atoms with Crippen molar-refractivity contribution < 1.29 is 13.2 Å². The number of amides is 1. The number of para-hydroxylation sites is 2. The summed E-state index contributed by atoms with van der Waals surface area (Å²) in [6.45, 7) is 4.52. The van der Waals surface area contributed by atoms with Crippen LogP contribution < -0.4 is 9.80 Å². The van der Waals surface area contributed by atoms with Gasteiger partial charge in [0.05, 0.1) is 22.9 Å². The Morgan fingerprint density at radius 3 is 2.59 bits per heavy atom. The quantitative estimate of drug-likeness (QED) is 0.850. The molecule has 1 aromatic rings. The lowest BCUT2D eigenvalue weighted by molar-refractivity contribution is -0.119. The predicted octanol–water partition coefficient (Wildman–Crippen LogP) is 1.68. The third kappa shape index (κ3) is 2.97. The van der Waals surface area contributed by atoms with Gasteiger partial charge in [0.2, 0.25) is 5.91 Å². The van der Waals surface area contributed by atoms with Crippen LogP contribution in [0.3, 0.4) is 0 Å². The van der Waals surface area contributed by atoms with Gasteiger partial charge in [-0.15, -0.1) is 0 Å². The van der Waals surface area contributed by atoms with Gasteiger partial charge in [-0.3, -0.25) is 4.79 Å². The molecule has 1 unspecified atom stereocenters. The van der Waals surface area contributed by atoms with E-state index in [1.165, 1.54) is 0 Å². The van der Waals surface area contributed by atoms with E-state index in [9.17, 15) is 13.2 Å². The molecule has 120 valence electrons. The number of hydrogen-bond acceptors (Lipinski definition) is 4. The number of hydrogen-bond donors (Lipinski definition) is 0. The number of nitrogens with zero attached hydrogens (tertiary/aromatic N) is 2. The number of carbonyl (C=O) groups is 1. The molecule has 1 atom stereocenters. The fourth-order valence-electron chi connectivity index (χ4n) is 3.40. The molecule has 0 radical (unpaired) electrons. The van der Waals surface area contributed by atoms with Crippen LogP contribution in [0.2, 0.25) is 0 Å². The molecule has 1 amide bonds. The van der Waals surface area contributed by atoms with Gasteiger partial charge in [-0.1, -0.05) is 12.1 Å². The van der Waals surface area contributed by atoms with Crippen LogP contribution >= 0.6 is 0 Å². The van der Waals surface area contributed by atoms with E-state index in [0.717, 1.165) is 24.5 Å². The number of fused-ring (bicyclic) bond motifs is 1. The minimum atomic E-state index is -2.92. The van der Waals surface area contributed by atoms with Gasteiger partial charge in [-0.25, -0.2) is 8.42 Å². The molecular formula is C16H22N2O3S. The number of anilines is 2. The highest BCUT2D eigenvalue weighted by molar-refractivity contribution is 7.91. The molecule has 0 spiro atoms. The maximum absolute atomic E-state index is 12.6. The summed E-state index contributed by atoms with van der Waals surface area (Å²) in [7, 11) is -2.92. The molecule has 1 fully saturated rings. The van der Waals surface area contributed by atoms with Crippen molar-refractivity contribution in [2.75, 3.05) is 40.9 Å². The van der Waals surface area contributed by atoms with E-state index < -0.39 is 9.84 Å². The molecule has 1 aromatic carbocycles. The van der Waals surface area contributed by atoms with E-state index >= 15 is 0 Å². The Balaban J connectivity index is 1.76. The monoisotopic (exact) mass is 322 g/mol. The third-order valence-electron chi connectivity index (χ3n) is 4.58. The number of benzene rings is 1. The maximum Gasteiger partial charge on any atom is 0.227 e. The Morgan fingerprint density at radius 1 is 1.23 bits per heavy atom. The zero-order chi connectivity index (χ0) is 15.7. The first-order valence-electron chi connectivity index (χ1n) is 7.85. The Labute approximate surface area is 131 Å². The van der Waals surface area contributed by atoms with E-state index in [1.54, 1.807) is 0 Å². The van der Waals surface area contributed by atoms with Gasteiger partial charge in [-0.05, 0) is 31.4 Å². The molecule has 0 bridgehead atoms. The van der Waals surface area contributed by atoms with E-state index in [0.29, 0.717) is 19.4 Å². The number of likely N-dealkylation sites (N-methyl/N-ethyl adjacent to an activating group) is 1. The molecule has 3 rings (SSSR count). The van der Waals surface area contributed by atoms with E-state index in [2.05, 4.69) is 11.8 Å². The summed E-state index contributed by atoms with van der Waals surface area (Å²) in [5, 5.41) is 0. The van der Waals surface area contributed by atoms with Crippen LogP contribution in [0.4, 0.5) is 11.4 Å². The summed E-state index contributed by atoms with van der Waals surface area (Å²) in [5.41, 5.74) is 2.03. The van der Waals surface area contributed by atoms with E-state index in [4.69, 9.17) is 0 Å². The Bertz CT molecular complexity index is 672. The largest absolute Gasteiger partial charge is 0.368 e. The molecule has 5 nitrogen and oxygen atoms in total. The van der Waals surface area contributed by atoms with Gasteiger partial charge >= 0.3 is 0 Å². The topological polar surface area (TPSA) is 57.7 Å². The summed E-state index contributed by atoms with van der Waals surface area (Å²) in [6.07, 6.45) is 0.949. The van der Waals surface area contributed by atoms with Crippen molar-refractivity contribution in [3.63, 3.8) is 0 Å². The summed E-state index contributed by atoms with van der Waals surface area (Å²) >= 11 is 0. The fourth-order valence-corrected chi connectivity index (χ4v) is 5.26. The van der Waals surface area contributed by atoms with Gasteiger partial charge in [0.1, 0.15) is 0 Å². The molecule has 0 aromatic heterocycles. The highest BCUT2D eigenvalue weighted by Gasteiger charge is 2.32. The molecule has 2 aliphatic heterocycles. The molecule has 6 heteroatoms. The summed E-state index contributed by atoms with van der Waals surface area (Å²) < 4.78 is 23.1. The van der Waals surface area contributed by atoms with Crippen LogP contribution in [0.5, 0.6) is 0 Å². The van der Waals surface area contributed by atoms with Crippen LogP contribution in [0, 0.1) is 5.92 Å². The molecule has 1 saturated heterocycles. The second kappa shape index (κ2) is 5.91. The number of rotatable bonds is 3. The zero-order valence-electron chi connectivity index (χ0n) is 12.9. The van der Waals surface area contributed by atoms with Gasteiger partial charge in [0, 0.05) is 26.1 Å². The Hall–Kier alpha value is -1.56. The lowest BCUT2D eigenvalue weighted by Gasteiger charge is -2.37. The average Bonchev–Trinajstić information content (AvgIpc) is 2.84. The van der Waals surface area contributed by atoms with E-state index in [1.807, 2.05) is 29.2 Å².